The monoisotopic (exact) mass is 475 g/mol. The second-order valence-electron chi connectivity index (χ2n) is 9.40. The first-order valence-electron chi connectivity index (χ1n) is 12.0. The molecule has 2 aromatic heterocycles. The molecule has 2 aliphatic heterocycles. The molecule has 1 atom stereocenters. The summed E-state index contributed by atoms with van der Waals surface area (Å²) in [5.41, 5.74) is 1.01. The highest BCUT2D eigenvalue weighted by atomic mass is 19.4. The molecule has 0 unspecified atom stereocenters. The number of piperidine rings is 1. The fraction of sp³-hybridized carbons (Fsp3) is 0.560. The van der Waals surface area contributed by atoms with E-state index in [1.807, 2.05) is 18.0 Å². The highest BCUT2D eigenvalue weighted by Crippen LogP contribution is 2.30. The Balaban J connectivity index is 1.22. The Morgan fingerprint density at radius 3 is 2.59 bits per heavy atom. The summed E-state index contributed by atoms with van der Waals surface area (Å²) in [5.74, 6) is 1.29. The van der Waals surface area contributed by atoms with E-state index in [1.54, 1.807) is 0 Å². The third kappa shape index (κ3) is 6.46. The molecule has 6 nitrogen and oxygen atoms in total. The van der Waals surface area contributed by atoms with E-state index in [1.165, 1.54) is 12.3 Å². The number of alkyl halides is 3. The first-order valence-corrected chi connectivity index (χ1v) is 12.0. The van der Waals surface area contributed by atoms with E-state index < -0.39 is 11.7 Å². The third-order valence-electron chi connectivity index (χ3n) is 6.75. The summed E-state index contributed by atoms with van der Waals surface area (Å²) in [6.07, 6.45) is 2.63. The van der Waals surface area contributed by atoms with Gasteiger partial charge in [0.2, 0.25) is 5.91 Å². The molecule has 1 amide bonds. The fourth-order valence-corrected chi connectivity index (χ4v) is 4.81. The first kappa shape index (κ1) is 24.4. The lowest BCUT2D eigenvalue weighted by Crippen LogP contribution is -2.48. The second kappa shape index (κ2) is 10.7. The Kier molecular flexibility index (Phi) is 7.70. The smallest absolute Gasteiger partial charge is 0.354 e. The molecule has 184 valence electrons. The van der Waals surface area contributed by atoms with Crippen LogP contribution in [0.1, 0.15) is 36.0 Å². The van der Waals surface area contributed by atoms with Crippen molar-refractivity contribution >= 4 is 11.7 Å². The molecule has 2 fully saturated rings. The van der Waals surface area contributed by atoms with E-state index in [-0.39, 0.29) is 11.8 Å². The van der Waals surface area contributed by atoms with Gasteiger partial charge in [0.15, 0.2) is 0 Å². The predicted octanol–water partition coefficient (Wildman–Crippen LogP) is 3.80. The summed E-state index contributed by atoms with van der Waals surface area (Å²) in [6.45, 7) is 7.65. The van der Waals surface area contributed by atoms with Crippen LogP contribution in [0.25, 0.3) is 0 Å². The number of hydrogen-bond acceptors (Lipinski definition) is 5. The van der Waals surface area contributed by atoms with Crippen molar-refractivity contribution in [3.8, 4) is 0 Å². The zero-order valence-electron chi connectivity index (χ0n) is 19.6. The number of rotatable bonds is 6. The highest BCUT2D eigenvalue weighted by Gasteiger charge is 2.31. The van der Waals surface area contributed by atoms with Crippen LogP contribution in [0.3, 0.4) is 0 Å². The van der Waals surface area contributed by atoms with Crippen molar-refractivity contribution in [2.75, 3.05) is 50.7 Å². The van der Waals surface area contributed by atoms with E-state index in [0.29, 0.717) is 24.9 Å². The zero-order valence-corrected chi connectivity index (χ0v) is 19.6. The van der Waals surface area contributed by atoms with Gasteiger partial charge < -0.3 is 9.80 Å². The molecule has 4 heterocycles. The van der Waals surface area contributed by atoms with Crippen molar-refractivity contribution < 1.29 is 18.0 Å². The lowest BCUT2D eigenvalue weighted by molar-refractivity contribution is -0.138. The van der Waals surface area contributed by atoms with Crippen molar-refractivity contribution in [2.45, 2.75) is 38.8 Å². The molecule has 2 aromatic rings. The van der Waals surface area contributed by atoms with Crippen LogP contribution in [-0.4, -0.2) is 71.5 Å². The molecule has 34 heavy (non-hydrogen) atoms. The van der Waals surface area contributed by atoms with Gasteiger partial charge in [-0.1, -0.05) is 6.07 Å². The number of hydrogen-bond donors (Lipinski definition) is 0. The molecule has 9 heteroatoms. The second-order valence-corrected chi connectivity index (χ2v) is 9.40. The van der Waals surface area contributed by atoms with Crippen molar-refractivity contribution in [3.63, 3.8) is 0 Å². The number of piperazine rings is 1. The summed E-state index contributed by atoms with van der Waals surface area (Å²) >= 11 is 0. The van der Waals surface area contributed by atoms with Crippen molar-refractivity contribution in [1.82, 2.24) is 19.8 Å². The van der Waals surface area contributed by atoms with Crippen LogP contribution in [-0.2, 0) is 17.4 Å². The standard InChI is InChI=1S/C25H32F3N5O/c1-19-4-5-23(30-15-19)32-11-9-31(10-12-32)8-6-24(34)33-7-2-3-20(18-33)13-21-14-22(17-29-16-21)25(26,27)28/h4-5,14-17,20H,2-3,6-13,18H2,1H3/t20-/m1/s1. The SMILES string of the molecule is Cc1ccc(N2CCN(CCC(=O)N3CCC[C@H](Cc4cncc(C(F)(F)F)c4)C3)CC2)nc1. The van der Waals surface area contributed by atoms with Crippen LogP contribution < -0.4 is 4.90 Å². The maximum absolute atomic E-state index is 13.0. The Bertz CT molecular complexity index is 958. The van der Waals surface area contributed by atoms with Gasteiger partial charge in [-0.05, 0) is 55.4 Å². The summed E-state index contributed by atoms with van der Waals surface area (Å²) < 4.78 is 38.9. The summed E-state index contributed by atoms with van der Waals surface area (Å²) in [5, 5.41) is 0. The fourth-order valence-electron chi connectivity index (χ4n) is 4.81. The normalized spacial score (nSPS) is 19.9. The lowest BCUT2D eigenvalue weighted by atomic mass is 9.91. The molecular weight excluding hydrogens is 443 g/mol. The lowest BCUT2D eigenvalue weighted by Gasteiger charge is -2.36. The summed E-state index contributed by atoms with van der Waals surface area (Å²) in [7, 11) is 0. The number of carbonyl (C=O) groups excluding carboxylic acids is 1. The quantitative estimate of drug-likeness (QED) is 0.636. The van der Waals surface area contributed by atoms with Crippen LogP contribution in [0.5, 0.6) is 0 Å². The van der Waals surface area contributed by atoms with Crippen LogP contribution in [0.15, 0.2) is 36.8 Å². The number of amides is 1. The molecule has 0 saturated carbocycles. The molecule has 0 aromatic carbocycles. The topological polar surface area (TPSA) is 52.6 Å². The number of carbonyl (C=O) groups is 1. The largest absolute Gasteiger partial charge is 0.417 e. The van der Waals surface area contributed by atoms with Gasteiger partial charge in [0, 0.05) is 70.8 Å². The van der Waals surface area contributed by atoms with Crippen LogP contribution in [0.4, 0.5) is 19.0 Å². The molecule has 0 N–H and O–H groups in total. The Morgan fingerprint density at radius 1 is 1.09 bits per heavy atom. The highest BCUT2D eigenvalue weighted by molar-refractivity contribution is 5.76. The number of aryl methyl sites for hydroxylation is 1. The first-order chi connectivity index (χ1) is 16.3. The van der Waals surface area contributed by atoms with Crippen LogP contribution in [0, 0.1) is 12.8 Å². The molecule has 2 aliphatic rings. The molecule has 0 radical (unpaired) electrons. The van der Waals surface area contributed by atoms with Crippen molar-refractivity contribution in [2.24, 2.45) is 5.92 Å². The molecule has 4 rings (SSSR count). The number of halogens is 3. The average molecular weight is 476 g/mol. The van der Waals surface area contributed by atoms with Gasteiger partial charge in [-0.3, -0.25) is 14.7 Å². The minimum Gasteiger partial charge on any atom is -0.354 e. The van der Waals surface area contributed by atoms with Crippen molar-refractivity contribution in [1.29, 1.82) is 0 Å². The molecular formula is C25H32F3N5O. The number of anilines is 1. The van der Waals surface area contributed by atoms with Gasteiger partial charge in [-0.2, -0.15) is 13.2 Å². The van der Waals surface area contributed by atoms with Gasteiger partial charge in [-0.15, -0.1) is 0 Å². The minimum absolute atomic E-state index is 0.134. The zero-order chi connectivity index (χ0) is 24.1. The summed E-state index contributed by atoms with van der Waals surface area (Å²) in [4.78, 5) is 27.6. The maximum atomic E-state index is 13.0. The van der Waals surface area contributed by atoms with Crippen LogP contribution in [0.2, 0.25) is 0 Å². The van der Waals surface area contributed by atoms with Crippen molar-refractivity contribution in [3.05, 3.63) is 53.5 Å². The predicted molar refractivity (Wildman–Crippen MR) is 124 cm³/mol. The number of aromatic nitrogens is 2. The Hall–Kier alpha value is -2.68. The van der Waals surface area contributed by atoms with Crippen LogP contribution >= 0.6 is 0 Å². The molecule has 0 aliphatic carbocycles. The van der Waals surface area contributed by atoms with E-state index in [4.69, 9.17) is 0 Å². The van der Waals surface area contributed by atoms with E-state index in [2.05, 4.69) is 31.9 Å². The van der Waals surface area contributed by atoms with Gasteiger partial charge >= 0.3 is 6.18 Å². The van der Waals surface area contributed by atoms with E-state index in [9.17, 15) is 18.0 Å². The molecule has 0 bridgehead atoms. The number of likely N-dealkylation sites (tertiary alicyclic amines) is 1. The number of nitrogens with zero attached hydrogens (tertiary/aromatic N) is 5. The Morgan fingerprint density at radius 2 is 1.88 bits per heavy atom. The van der Waals surface area contributed by atoms with Gasteiger partial charge in [0.1, 0.15) is 5.82 Å². The van der Waals surface area contributed by atoms with Gasteiger partial charge in [-0.25, -0.2) is 4.98 Å². The van der Waals surface area contributed by atoms with Gasteiger partial charge in [0.25, 0.3) is 0 Å². The maximum Gasteiger partial charge on any atom is 0.417 e. The average Bonchev–Trinajstić information content (AvgIpc) is 2.83. The summed E-state index contributed by atoms with van der Waals surface area (Å²) in [6, 6.07) is 5.30. The van der Waals surface area contributed by atoms with E-state index in [0.717, 1.165) is 69.7 Å². The minimum atomic E-state index is -4.39. The third-order valence-corrected chi connectivity index (χ3v) is 6.75. The van der Waals surface area contributed by atoms with Gasteiger partial charge in [0.05, 0.1) is 5.56 Å². The molecule has 2 saturated heterocycles. The number of pyridine rings is 2. The Labute approximate surface area is 198 Å². The molecule has 0 spiro atoms. The van der Waals surface area contributed by atoms with E-state index >= 15 is 0 Å².